The van der Waals surface area contributed by atoms with Crippen LogP contribution in [0.1, 0.15) is 54.2 Å². The largest absolute Gasteiger partial charge is 0.344 e. The molecule has 0 aliphatic carbocycles. The highest BCUT2D eigenvalue weighted by Gasteiger charge is 2.29. The van der Waals surface area contributed by atoms with Crippen LogP contribution >= 0.6 is 7.05 Å². The zero-order valence-corrected chi connectivity index (χ0v) is 19.8. The number of rotatable bonds is 6. The third-order valence-electron chi connectivity index (χ3n) is 6.15. The van der Waals surface area contributed by atoms with Crippen LogP contribution in [0.4, 0.5) is 0 Å². The summed E-state index contributed by atoms with van der Waals surface area (Å²) in [6.45, 7) is 20.6. The second-order valence-electron chi connectivity index (χ2n) is 8.19. The van der Waals surface area contributed by atoms with Crippen LogP contribution < -0.4 is 10.9 Å². The molecular weight excluding hydrogens is 344 g/mol. The van der Waals surface area contributed by atoms with Crippen LogP contribution in [-0.4, -0.2) is 25.3 Å². The number of nitrogens with zero attached hydrogens (tertiary/aromatic N) is 1. The first kappa shape index (κ1) is 22.0. The Kier molecular flexibility index (Phi) is 7.20. The highest BCUT2D eigenvalue weighted by molar-refractivity contribution is 7.67. The number of benzene rings is 2. The van der Waals surface area contributed by atoms with Gasteiger partial charge in [-0.3, -0.25) is 0 Å². The Morgan fingerprint density at radius 3 is 1.19 bits per heavy atom. The molecule has 0 heterocycles. The van der Waals surface area contributed by atoms with E-state index in [0.29, 0.717) is 0 Å². The van der Waals surface area contributed by atoms with E-state index >= 15 is 0 Å². The highest BCUT2D eigenvalue weighted by atomic mass is 31.2. The van der Waals surface area contributed by atoms with Crippen molar-refractivity contribution >= 4 is 24.8 Å². The van der Waals surface area contributed by atoms with E-state index in [0.717, 1.165) is 0 Å². The van der Waals surface area contributed by atoms with Gasteiger partial charge in [-0.25, -0.2) is 0 Å². The molecule has 0 aliphatic rings. The molecular formula is C24H37BNP. The summed E-state index contributed by atoms with van der Waals surface area (Å²) < 4.78 is 5.72. The molecule has 0 radical (unpaired) electrons. The highest BCUT2D eigenvalue weighted by Crippen LogP contribution is 2.48. The molecule has 0 saturated heterocycles. The molecule has 0 aromatic heterocycles. The molecule has 0 fully saturated rings. The third-order valence-corrected chi connectivity index (χ3v) is 10.4. The van der Waals surface area contributed by atoms with Crippen LogP contribution in [0.5, 0.6) is 0 Å². The predicted octanol–water partition coefficient (Wildman–Crippen LogP) is 5.90. The SMILES string of the molecule is CCP(CC)(CC)=NB(c1c(C)cc(C)cc1C)c1c(C)cc(C)cc1C. The summed E-state index contributed by atoms with van der Waals surface area (Å²) in [7, 11) is -1.30. The topological polar surface area (TPSA) is 12.4 Å². The Morgan fingerprint density at radius 1 is 0.630 bits per heavy atom. The van der Waals surface area contributed by atoms with Gasteiger partial charge in [-0.15, -0.1) is 0 Å². The van der Waals surface area contributed by atoms with E-state index < -0.39 is 7.05 Å². The standard InChI is InChI=1S/C24H37BNP/c1-10-27(11-2,12-3)26-25(23-19(6)13-17(4)14-20(23)7)24-21(8)15-18(5)16-22(24)9/h13-16H,10-12H2,1-9H3. The smallest absolute Gasteiger partial charge is 0.343 e. The number of hydrogen-bond acceptors (Lipinski definition) is 1. The lowest BCUT2D eigenvalue weighted by molar-refractivity contribution is 1.30. The van der Waals surface area contributed by atoms with Crippen molar-refractivity contribution < 1.29 is 0 Å². The second-order valence-corrected chi connectivity index (χ2v) is 12.5. The third kappa shape index (κ3) is 4.60. The van der Waals surface area contributed by atoms with E-state index in [4.69, 9.17) is 4.66 Å². The van der Waals surface area contributed by atoms with Gasteiger partial charge in [0.2, 0.25) is 0 Å². The molecule has 2 aromatic rings. The fraction of sp³-hybridized carbons (Fsp3) is 0.500. The molecule has 27 heavy (non-hydrogen) atoms. The second kappa shape index (κ2) is 8.83. The minimum atomic E-state index is -1.30. The zero-order valence-electron chi connectivity index (χ0n) is 18.9. The van der Waals surface area contributed by atoms with Gasteiger partial charge in [0.05, 0.1) is 0 Å². The van der Waals surface area contributed by atoms with Crippen molar-refractivity contribution in [1.29, 1.82) is 0 Å². The quantitative estimate of drug-likeness (QED) is 0.436. The fourth-order valence-electron chi connectivity index (χ4n) is 4.67. The van der Waals surface area contributed by atoms with Gasteiger partial charge in [0, 0.05) is 0 Å². The molecule has 2 rings (SSSR count). The first-order valence-electron chi connectivity index (χ1n) is 10.4. The first-order chi connectivity index (χ1) is 12.7. The van der Waals surface area contributed by atoms with Gasteiger partial charge in [-0.1, -0.05) is 78.4 Å². The van der Waals surface area contributed by atoms with Crippen molar-refractivity contribution in [2.24, 2.45) is 4.66 Å². The monoisotopic (exact) mass is 381 g/mol. The molecule has 0 bridgehead atoms. The first-order valence-corrected chi connectivity index (χ1v) is 12.7. The van der Waals surface area contributed by atoms with Gasteiger partial charge in [0.25, 0.3) is 0 Å². The van der Waals surface area contributed by atoms with E-state index in [-0.39, 0.29) is 6.85 Å². The molecule has 0 N–H and O–H groups in total. The van der Waals surface area contributed by atoms with Crippen molar-refractivity contribution in [3.8, 4) is 0 Å². The minimum Gasteiger partial charge on any atom is -0.344 e. The lowest BCUT2D eigenvalue weighted by Crippen LogP contribution is -2.46. The van der Waals surface area contributed by atoms with Crippen molar-refractivity contribution in [3.05, 3.63) is 57.6 Å². The van der Waals surface area contributed by atoms with E-state index in [1.165, 1.54) is 62.8 Å². The van der Waals surface area contributed by atoms with Crippen molar-refractivity contribution in [3.63, 3.8) is 0 Å². The summed E-state index contributed by atoms with van der Waals surface area (Å²) in [5.74, 6) is 0. The summed E-state index contributed by atoms with van der Waals surface area (Å²) in [6, 6.07) is 9.31. The van der Waals surface area contributed by atoms with Crippen LogP contribution in [0, 0.1) is 41.5 Å². The molecule has 0 unspecified atom stereocenters. The fourth-order valence-corrected chi connectivity index (χ4v) is 7.22. The van der Waals surface area contributed by atoms with Gasteiger partial charge >= 0.3 is 6.85 Å². The number of aryl methyl sites for hydroxylation is 6. The van der Waals surface area contributed by atoms with Crippen LogP contribution in [0.25, 0.3) is 0 Å². The summed E-state index contributed by atoms with van der Waals surface area (Å²) >= 11 is 0. The molecule has 3 heteroatoms. The summed E-state index contributed by atoms with van der Waals surface area (Å²) in [6.07, 6.45) is 3.60. The lowest BCUT2D eigenvalue weighted by atomic mass is 9.48. The Labute approximate surface area is 168 Å². The Balaban J connectivity index is 2.90. The zero-order chi connectivity index (χ0) is 20.4. The van der Waals surface area contributed by atoms with Crippen LogP contribution in [-0.2, 0) is 0 Å². The molecule has 0 aliphatic heterocycles. The van der Waals surface area contributed by atoms with E-state index in [1.807, 2.05) is 0 Å². The van der Waals surface area contributed by atoms with Gasteiger partial charge in [-0.2, -0.15) is 0 Å². The Hall–Kier alpha value is -1.27. The van der Waals surface area contributed by atoms with Crippen LogP contribution in [0.15, 0.2) is 28.9 Å². The molecule has 0 amide bonds. The van der Waals surface area contributed by atoms with Gasteiger partial charge in [0.15, 0.2) is 0 Å². The average molecular weight is 381 g/mol. The maximum atomic E-state index is 5.72. The molecule has 2 aromatic carbocycles. The molecule has 0 spiro atoms. The normalized spacial score (nSPS) is 11.6. The minimum absolute atomic E-state index is 0.152. The van der Waals surface area contributed by atoms with Crippen molar-refractivity contribution in [1.82, 2.24) is 0 Å². The summed E-state index contributed by atoms with van der Waals surface area (Å²) in [5, 5.41) is 0. The summed E-state index contributed by atoms with van der Waals surface area (Å²) in [5.41, 5.74) is 11.0. The lowest BCUT2D eigenvalue weighted by Gasteiger charge is -2.27. The predicted molar refractivity (Wildman–Crippen MR) is 127 cm³/mol. The maximum absolute atomic E-state index is 5.72. The Morgan fingerprint density at radius 2 is 0.926 bits per heavy atom. The van der Waals surface area contributed by atoms with Crippen LogP contribution in [0.2, 0.25) is 0 Å². The molecule has 146 valence electrons. The molecule has 0 atom stereocenters. The van der Waals surface area contributed by atoms with E-state index in [2.05, 4.69) is 86.6 Å². The van der Waals surface area contributed by atoms with Crippen LogP contribution in [0.3, 0.4) is 0 Å². The summed E-state index contributed by atoms with van der Waals surface area (Å²) in [4.78, 5) is 0. The Bertz CT molecular complexity index is 759. The average Bonchev–Trinajstić information content (AvgIpc) is 2.57. The van der Waals surface area contributed by atoms with Gasteiger partial charge in [0.1, 0.15) is 0 Å². The van der Waals surface area contributed by atoms with Gasteiger partial charge in [-0.05, 0) is 78.0 Å². The van der Waals surface area contributed by atoms with Crippen molar-refractivity contribution in [2.75, 3.05) is 18.5 Å². The molecule has 0 saturated carbocycles. The van der Waals surface area contributed by atoms with Gasteiger partial charge < -0.3 is 4.66 Å². The number of hydrogen-bond donors (Lipinski definition) is 0. The van der Waals surface area contributed by atoms with Crippen molar-refractivity contribution in [2.45, 2.75) is 62.3 Å². The van der Waals surface area contributed by atoms with E-state index in [1.54, 1.807) is 0 Å². The van der Waals surface area contributed by atoms with E-state index in [9.17, 15) is 0 Å². The molecule has 1 nitrogen and oxygen atoms in total. The maximum Gasteiger partial charge on any atom is 0.343 e.